The van der Waals surface area contributed by atoms with Crippen LogP contribution < -0.4 is 0 Å². The first-order chi connectivity index (χ1) is 13.2. The summed E-state index contributed by atoms with van der Waals surface area (Å²) >= 11 is 0. The molecule has 1 heterocycles. The van der Waals surface area contributed by atoms with Crippen LogP contribution in [0.25, 0.3) is 0 Å². The summed E-state index contributed by atoms with van der Waals surface area (Å²) in [5, 5.41) is 0. The molecule has 0 fully saturated rings. The van der Waals surface area contributed by atoms with E-state index in [1.807, 2.05) is 0 Å². The number of nitrogens with zero attached hydrogens (tertiary/aromatic N) is 1. The van der Waals surface area contributed by atoms with Crippen LogP contribution in [-0.4, -0.2) is 12.3 Å². The summed E-state index contributed by atoms with van der Waals surface area (Å²) in [6.45, 7) is 4.62. The number of hydrogen-bond acceptors (Lipinski definition) is 1. The topological polar surface area (TPSA) is 12.4 Å². The van der Waals surface area contributed by atoms with Crippen molar-refractivity contribution in [2.45, 2.75) is 51.0 Å². The normalized spacial score (nSPS) is 30.6. The predicted molar refractivity (Wildman–Crippen MR) is 115 cm³/mol. The molecule has 0 spiro atoms. The van der Waals surface area contributed by atoms with Gasteiger partial charge in [-0.2, -0.15) is 0 Å². The Bertz CT molecular complexity index is 774. The highest BCUT2D eigenvalue weighted by atomic mass is 14.8. The molecule has 5 unspecified atom stereocenters. The molecule has 4 rings (SSSR count). The Morgan fingerprint density at radius 1 is 0.815 bits per heavy atom. The van der Waals surface area contributed by atoms with Crippen LogP contribution in [0.3, 0.4) is 0 Å². The Labute approximate surface area is 164 Å². The summed E-state index contributed by atoms with van der Waals surface area (Å²) in [7, 11) is 0. The molecule has 1 nitrogen and oxygen atoms in total. The lowest BCUT2D eigenvalue weighted by Crippen LogP contribution is -2.33. The Morgan fingerprint density at radius 2 is 1.48 bits per heavy atom. The van der Waals surface area contributed by atoms with Crippen LogP contribution in [0.4, 0.5) is 0 Å². The quantitative estimate of drug-likeness (QED) is 0.544. The summed E-state index contributed by atoms with van der Waals surface area (Å²) in [5.74, 6) is 2.96. The van der Waals surface area contributed by atoms with Crippen molar-refractivity contribution in [3.8, 4) is 0 Å². The zero-order valence-corrected chi connectivity index (χ0v) is 16.5. The number of aliphatic imine (C=N–C) groups is 1. The van der Waals surface area contributed by atoms with E-state index in [0.717, 1.165) is 0 Å². The van der Waals surface area contributed by atoms with Crippen molar-refractivity contribution in [2.24, 2.45) is 22.7 Å². The highest BCUT2D eigenvalue weighted by Gasteiger charge is 2.35. The first kappa shape index (κ1) is 18.2. The van der Waals surface area contributed by atoms with Crippen LogP contribution in [0, 0.1) is 17.8 Å². The van der Waals surface area contributed by atoms with E-state index in [1.54, 1.807) is 0 Å². The van der Waals surface area contributed by atoms with Crippen LogP contribution in [0.5, 0.6) is 0 Å². The zero-order valence-electron chi connectivity index (χ0n) is 16.5. The Balaban J connectivity index is 1.57. The summed E-state index contributed by atoms with van der Waals surface area (Å²) in [4.78, 5) is 4.95. The summed E-state index contributed by atoms with van der Waals surface area (Å²) in [6, 6.07) is 22.4. The number of hydrogen-bond donors (Lipinski definition) is 0. The van der Waals surface area contributed by atoms with Crippen LogP contribution in [-0.2, 0) is 0 Å². The van der Waals surface area contributed by atoms with Crippen LogP contribution in [0.2, 0.25) is 0 Å². The molecule has 2 aromatic carbocycles. The van der Waals surface area contributed by atoms with Crippen LogP contribution in [0.15, 0.2) is 77.8 Å². The number of benzene rings is 2. The smallest absolute Gasteiger partial charge is 0.0522 e. The van der Waals surface area contributed by atoms with Gasteiger partial charge in [-0.1, -0.05) is 86.7 Å². The van der Waals surface area contributed by atoms with Crippen molar-refractivity contribution in [1.82, 2.24) is 0 Å². The predicted octanol–water partition coefficient (Wildman–Crippen LogP) is 6.64. The first-order valence-electron chi connectivity index (χ1n) is 10.5. The summed E-state index contributed by atoms with van der Waals surface area (Å²) < 4.78 is 0. The molecule has 140 valence electrons. The second-order valence-electron chi connectivity index (χ2n) is 8.59. The minimum Gasteiger partial charge on any atom is -0.293 e. The molecule has 1 heteroatoms. The minimum absolute atomic E-state index is 0.448. The largest absolute Gasteiger partial charge is 0.293 e. The van der Waals surface area contributed by atoms with Gasteiger partial charge in [-0.3, -0.25) is 4.99 Å². The van der Waals surface area contributed by atoms with Crippen molar-refractivity contribution in [1.29, 1.82) is 0 Å². The molecule has 2 aromatic rings. The third-order valence-electron chi connectivity index (χ3n) is 6.55. The van der Waals surface area contributed by atoms with E-state index in [2.05, 4.69) is 92.9 Å². The Kier molecular flexibility index (Phi) is 5.57. The molecular formula is C26H31N. The molecule has 0 saturated carbocycles. The molecule has 1 aliphatic carbocycles. The van der Waals surface area contributed by atoms with Gasteiger partial charge < -0.3 is 0 Å². The van der Waals surface area contributed by atoms with Gasteiger partial charge in [0.15, 0.2) is 0 Å². The highest BCUT2D eigenvalue weighted by Crippen LogP contribution is 2.43. The van der Waals surface area contributed by atoms with Gasteiger partial charge in [0, 0.05) is 18.1 Å². The SMILES string of the molecule is CC(C)C1CC(C2C=CC(c3ccccc3)CC2)C(c2ccccc2)C=N1. The van der Waals surface area contributed by atoms with Gasteiger partial charge in [0.1, 0.15) is 0 Å². The fourth-order valence-corrected chi connectivity index (χ4v) is 4.87. The van der Waals surface area contributed by atoms with E-state index in [1.165, 1.54) is 30.4 Å². The second kappa shape index (κ2) is 8.25. The average Bonchev–Trinajstić information content (AvgIpc) is 2.75. The average molecular weight is 358 g/mol. The van der Waals surface area contributed by atoms with Crippen molar-refractivity contribution in [3.63, 3.8) is 0 Å². The summed E-state index contributed by atoms with van der Waals surface area (Å²) in [5.41, 5.74) is 2.88. The van der Waals surface area contributed by atoms with Gasteiger partial charge >= 0.3 is 0 Å². The maximum absolute atomic E-state index is 4.95. The molecular weight excluding hydrogens is 326 g/mol. The number of rotatable bonds is 4. The molecule has 0 N–H and O–H groups in total. The first-order valence-corrected chi connectivity index (χ1v) is 10.5. The standard InChI is InChI=1S/C26H31N/c1-19(2)26-17-24(25(18-27-26)22-11-7-4-8-12-22)23-15-13-21(14-16-23)20-9-5-3-6-10-20/h3-13,15,18-19,21,23-26H,14,16-17H2,1-2H3. The maximum Gasteiger partial charge on any atom is 0.0522 e. The third kappa shape index (κ3) is 4.08. The van der Waals surface area contributed by atoms with E-state index in [-0.39, 0.29) is 0 Å². The molecule has 0 aromatic heterocycles. The third-order valence-corrected chi connectivity index (χ3v) is 6.55. The fraction of sp³-hybridized carbons (Fsp3) is 0.423. The van der Waals surface area contributed by atoms with Gasteiger partial charge in [-0.25, -0.2) is 0 Å². The Hall–Kier alpha value is -2.15. The van der Waals surface area contributed by atoms with Gasteiger partial charge in [0.2, 0.25) is 0 Å². The molecule has 2 aliphatic rings. The van der Waals surface area contributed by atoms with E-state index in [4.69, 9.17) is 4.99 Å². The van der Waals surface area contributed by atoms with Gasteiger partial charge in [0.25, 0.3) is 0 Å². The fourth-order valence-electron chi connectivity index (χ4n) is 4.87. The van der Waals surface area contributed by atoms with Crippen LogP contribution in [0.1, 0.15) is 56.1 Å². The van der Waals surface area contributed by atoms with E-state index >= 15 is 0 Å². The van der Waals surface area contributed by atoms with Crippen molar-refractivity contribution in [3.05, 3.63) is 83.9 Å². The molecule has 0 radical (unpaired) electrons. The van der Waals surface area contributed by atoms with Crippen molar-refractivity contribution < 1.29 is 0 Å². The second-order valence-corrected chi connectivity index (χ2v) is 8.59. The molecule has 0 saturated heterocycles. The molecule has 5 atom stereocenters. The van der Waals surface area contributed by atoms with E-state index < -0.39 is 0 Å². The molecule has 27 heavy (non-hydrogen) atoms. The van der Waals surface area contributed by atoms with Crippen molar-refractivity contribution >= 4 is 6.21 Å². The molecule has 0 amide bonds. The minimum atomic E-state index is 0.448. The monoisotopic (exact) mass is 357 g/mol. The lowest BCUT2D eigenvalue weighted by Gasteiger charge is -2.39. The van der Waals surface area contributed by atoms with E-state index in [0.29, 0.717) is 35.6 Å². The maximum atomic E-state index is 4.95. The molecule has 1 aliphatic heterocycles. The van der Waals surface area contributed by atoms with Crippen LogP contribution >= 0.6 is 0 Å². The zero-order chi connectivity index (χ0) is 18.6. The molecule has 0 bridgehead atoms. The van der Waals surface area contributed by atoms with Gasteiger partial charge in [-0.05, 0) is 48.1 Å². The van der Waals surface area contributed by atoms with Crippen molar-refractivity contribution in [2.75, 3.05) is 0 Å². The van der Waals surface area contributed by atoms with Gasteiger partial charge in [-0.15, -0.1) is 0 Å². The summed E-state index contributed by atoms with van der Waals surface area (Å²) in [6.07, 6.45) is 11.0. The Morgan fingerprint density at radius 3 is 2.07 bits per heavy atom. The lowest BCUT2D eigenvalue weighted by molar-refractivity contribution is 0.263. The highest BCUT2D eigenvalue weighted by molar-refractivity contribution is 5.69. The lowest BCUT2D eigenvalue weighted by atomic mass is 9.68. The van der Waals surface area contributed by atoms with Gasteiger partial charge in [0.05, 0.1) is 6.04 Å². The van der Waals surface area contributed by atoms with E-state index in [9.17, 15) is 0 Å². The number of allylic oxidation sites excluding steroid dienone is 2.